The van der Waals surface area contributed by atoms with Gasteiger partial charge in [-0.2, -0.15) is 0 Å². The summed E-state index contributed by atoms with van der Waals surface area (Å²) >= 11 is 0. The van der Waals surface area contributed by atoms with Gasteiger partial charge >= 0.3 is 0 Å². The maximum atomic E-state index is 5.91. The predicted octanol–water partition coefficient (Wildman–Crippen LogP) is 3.68. The SMILES string of the molecule is Cc1ccc(-c2nc3ccccn3c2C(C)CN)cc1C. The standard InChI is InChI=1S/C18H21N3/c1-12-7-8-15(10-13(12)2)17-18(14(3)11-19)21-9-5-4-6-16(21)20-17/h4-10,14H,11,19H2,1-3H3. The molecule has 3 rings (SSSR count). The molecule has 0 saturated heterocycles. The molecule has 0 spiro atoms. The van der Waals surface area contributed by atoms with Crippen LogP contribution in [0.4, 0.5) is 0 Å². The molecule has 3 aromatic rings. The van der Waals surface area contributed by atoms with E-state index in [0.717, 1.165) is 16.9 Å². The van der Waals surface area contributed by atoms with Crippen molar-refractivity contribution in [1.29, 1.82) is 0 Å². The van der Waals surface area contributed by atoms with Gasteiger partial charge in [0.15, 0.2) is 0 Å². The lowest BCUT2D eigenvalue weighted by atomic mass is 9.99. The third-order valence-electron chi connectivity index (χ3n) is 4.17. The number of rotatable bonds is 3. The van der Waals surface area contributed by atoms with Crippen LogP contribution in [0, 0.1) is 13.8 Å². The molecule has 1 atom stereocenters. The van der Waals surface area contributed by atoms with Gasteiger partial charge in [-0.15, -0.1) is 0 Å². The van der Waals surface area contributed by atoms with E-state index < -0.39 is 0 Å². The van der Waals surface area contributed by atoms with Crippen LogP contribution in [0.15, 0.2) is 42.6 Å². The third-order valence-corrected chi connectivity index (χ3v) is 4.17. The maximum absolute atomic E-state index is 5.91. The van der Waals surface area contributed by atoms with E-state index in [4.69, 9.17) is 10.7 Å². The Bertz CT molecular complexity index is 786. The summed E-state index contributed by atoms with van der Waals surface area (Å²) in [7, 11) is 0. The number of nitrogens with two attached hydrogens (primary N) is 1. The monoisotopic (exact) mass is 279 g/mol. The number of aromatic nitrogens is 2. The van der Waals surface area contributed by atoms with Crippen molar-refractivity contribution in [3.05, 3.63) is 59.4 Å². The number of pyridine rings is 1. The highest BCUT2D eigenvalue weighted by molar-refractivity contribution is 5.68. The van der Waals surface area contributed by atoms with Gasteiger partial charge in [0.2, 0.25) is 0 Å². The second-order valence-electron chi connectivity index (χ2n) is 5.71. The maximum Gasteiger partial charge on any atom is 0.137 e. The fourth-order valence-electron chi connectivity index (χ4n) is 2.70. The highest BCUT2D eigenvalue weighted by Gasteiger charge is 2.18. The summed E-state index contributed by atoms with van der Waals surface area (Å²) in [4.78, 5) is 4.83. The number of aryl methyl sites for hydroxylation is 2. The molecule has 0 aliphatic rings. The molecule has 108 valence electrons. The van der Waals surface area contributed by atoms with Gasteiger partial charge in [0.25, 0.3) is 0 Å². The second-order valence-corrected chi connectivity index (χ2v) is 5.71. The molecule has 0 bridgehead atoms. The minimum absolute atomic E-state index is 0.263. The van der Waals surface area contributed by atoms with Gasteiger partial charge in [0.1, 0.15) is 5.65 Å². The fraction of sp³-hybridized carbons (Fsp3) is 0.278. The molecule has 2 aromatic heterocycles. The van der Waals surface area contributed by atoms with Gasteiger partial charge in [-0.25, -0.2) is 4.98 Å². The zero-order valence-electron chi connectivity index (χ0n) is 12.8. The Morgan fingerprint density at radius 2 is 1.95 bits per heavy atom. The number of fused-ring (bicyclic) bond motifs is 1. The molecule has 2 heterocycles. The van der Waals surface area contributed by atoms with E-state index in [-0.39, 0.29) is 5.92 Å². The first-order valence-corrected chi connectivity index (χ1v) is 7.36. The number of hydrogen-bond acceptors (Lipinski definition) is 2. The summed E-state index contributed by atoms with van der Waals surface area (Å²) < 4.78 is 2.15. The van der Waals surface area contributed by atoms with Gasteiger partial charge in [-0.1, -0.05) is 25.1 Å². The Morgan fingerprint density at radius 1 is 1.14 bits per heavy atom. The van der Waals surface area contributed by atoms with Crippen molar-refractivity contribution in [1.82, 2.24) is 9.38 Å². The van der Waals surface area contributed by atoms with E-state index in [1.807, 2.05) is 18.2 Å². The van der Waals surface area contributed by atoms with Crippen LogP contribution in [0.1, 0.15) is 29.7 Å². The lowest BCUT2D eigenvalue weighted by Gasteiger charge is -2.12. The van der Waals surface area contributed by atoms with E-state index in [0.29, 0.717) is 6.54 Å². The van der Waals surface area contributed by atoms with E-state index in [9.17, 15) is 0 Å². The average molecular weight is 279 g/mol. The van der Waals surface area contributed by atoms with Gasteiger partial charge in [-0.05, 0) is 43.2 Å². The summed E-state index contributed by atoms with van der Waals surface area (Å²) in [5, 5.41) is 0. The summed E-state index contributed by atoms with van der Waals surface area (Å²) in [6.07, 6.45) is 2.06. The van der Waals surface area contributed by atoms with Crippen molar-refractivity contribution in [3.8, 4) is 11.3 Å². The van der Waals surface area contributed by atoms with Crippen molar-refractivity contribution in [3.63, 3.8) is 0 Å². The molecule has 1 unspecified atom stereocenters. The molecule has 21 heavy (non-hydrogen) atoms. The predicted molar refractivity (Wildman–Crippen MR) is 87.6 cm³/mol. The minimum atomic E-state index is 0.263. The molecule has 1 aromatic carbocycles. The van der Waals surface area contributed by atoms with Crippen molar-refractivity contribution in [2.45, 2.75) is 26.7 Å². The molecule has 0 aliphatic heterocycles. The third kappa shape index (κ3) is 2.34. The van der Waals surface area contributed by atoms with Crippen LogP contribution in [-0.4, -0.2) is 15.9 Å². The van der Waals surface area contributed by atoms with Crippen molar-refractivity contribution >= 4 is 5.65 Å². The molecule has 2 N–H and O–H groups in total. The summed E-state index contributed by atoms with van der Waals surface area (Å²) in [6.45, 7) is 7.04. The van der Waals surface area contributed by atoms with E-state index >= 15 is 0 Å². The minimum Gasteiger partial charge on any atom is -0.330 e. The van der Waals surface area contributed by atoms with Crippen LogP contribution in [0.5, 0.6) is 0 Å². The zero-order chi connectivity index (χ0) is 15.0. The summed E-state index contributed by atoms with van der Waals surface area (Å²) in [6, 6.07) is 12.6. The molecular weight excluding hydrogens is 258 g/mol. The molecule has 3 heteroatoms. The van der Waals surface area contributed by atoms with Crippen LogP contribution in [0.2, 0.25) is 0 Å². The number of hydrogen-bond donors (Lipinski definition) is 1. The first kappa shape index (κ1) is 13.8. The van der Waals surface area contributed by atoms with Crippen molar-refractivity contribution < 1.29 is 0 Å². The average Bonchev–Trinajstić information content (AvgIpc) is 2.88. The van der Waals surface area contributed by atoms with Crippen LogP contribution >= 0.6 is 0 Å². The Hall–Kier alpha value is -2.13. The second kappa shape index (κ2) is 5.34. The van der Waals surface area contributed by atoms with Crippen LogP contribution in [-0.2, 0) is 0 Å². The zero-order valence-corrected chi connectivity index (χ0v) is 12.8. The quantitative estimate of drug-likeness (QED) is 0.794. The molecule has 0 amide bonds. The van der Waals surface area contributed by atoms with Crippen LogP contribution in [0.3, 0.4) is 0 Å². The molecule has 3 nitrogen and oxygen atoms in total. The fourth-order valence-corrected chi connectivity index (χ4v) is 2.70. The molecule has 0 saturated carbocycles. The van der Waals surface area contributed by atoms with E-state index in [2.05, 4.69) is 49.6 Å². The van der Waals surface area contributed by atoms with E-state index in [1.165, 1.54) is 16.8 Å². The highest BCUT2D eigenvalue weighted by atomic mass is 15.0. The van der Waals surface area contributed by atoms with Gasteiger partial charge in [0.05, 0.1) is 11.4 Å². The lowest BCUT2D eigenvalue weighted by molar-refractivity contribution is 0.738. The molecule has 0 fully saturated rings. The molecule has 0 aliphatic carbocycles. The van der Waals surface area contributed by atoms with Gasteiger partial charge < -0.3 is 10.1 Å². The Labute approximate surface area is 125 Å². The number of benzene rings is 1. The van der Waals surface area contributed by atoms with Crippen molar-refractivity contribution in [2.24, 2.45) is 5.73 Å². The van der Waals surface area contributed by atoms with Gasteiger partial charge in [-0.3, -0.25) is 0 Å². The number of imidazole rings is 1. The lowest BCUT2D eigenvalue weighted by Crippen LogP contribution is -2.12. The summed E-state index contributed by atoms with van der Waals surface area (Å²) in [5.41, 5.74) is 12.9. The van der Waals surface area contributed by atoms with E-state index in [1.54, 1.807) is 0 Å². The summed E-state index contributed by atoms with van der Waals surface area (Å²) in [5.74, 6) is 0.263. The Morgan fingerprint density at radius 3 is 2.67 bits per heavy atom. The molecule has 0 radical (unpaired) electrons. The Balaban J connectivity index is 2.28. The highest BCUT2D eigenvalue weighted by Crippen LogP contribution is 2.30. The topological polar surface area (TPSA) is 43.3 Å². The molecular formula is C18H21N3. The van der Waals surface area contributed by atoms with Crippen molar-refractivity contribution in [2.75, 3.05) is 6.54 Å². The van der Waals surface area contributed by atoms with Crippen LogP contribution < -0.4 is 5.73 Å². The number of nitrogens with zero attached hydrogens (tertiary/aromatic N) is 2. The van der Waals surface area contributed by atoms with Crippen LogP contribution in [0.25, 0.3) is 16.9 Å². The smallest absolute Gasteiger partial charge is 0.137 e. The van der Waals surface area contributed by atoms with Gasteiger partial charge in [0, 0.05) is 24.2 Å². The normalized spacial score (nSPS) is 12.8. The first-order valence-electron chi connectivity index (χ1n) is 7.36. The largest absolute Gasteiger partial charge is 0.330 e. The first-order chi connectivity index (χ1) is 10.1. The Kier molecular flexibility index (Phi) is 3.52.